The molecule has 0 amide bonds. The van der Waals surface area contributed by atoms with Crippen molar-refractivity contribution in [2.75, 3.05) is 0 Å². The minimum atomic E-state index is 0. The van der Waals surface area contributed by atoms with Crippen molar-refractivity contribution in [3.05, 3.63) is 42.3 Å². The first-order valence-electron chi connectivity index (χ1n) is 3.41. The van der Waals surface area contributed by atoms with E-state index in [-0.39, 0.29) is 21.1 Å². The van der Waals surface area contributed by atoms with Crippen molar-refractivity contribution in [2.24, 2.45) is 0 Å². The first-order valence-corrected chi connectivity index (χ1v) is 3.41. The van der Waals surface area contributed by atoms with Gasteiger partial charge in [0.15, 0.2) is 0 Å². The molecule has 0 bridgehead atoms. The van der Waals surface area contributed by atoms with E-state index in [1.807, 2.05) is 0 Å². The van der Waals surface area contributed by atoms with Gasteiger partial charge in [-0.05, 0) is 6.92 Å². The summed E-state index contributed by atoms with van der Waals surface area (Å²) in [6, 6.07) is 8.42. The molecule has 0 fully saturated rings. The van der Waals surface area contributed by atoms with E-state index >= 15 is 0 Å². The van der Waals surface area contributed by atoms with Crippen LogP contribution in [0.5, 0.6) is 0 Å². The molecule has 0 radical (unpaired) electrons. The Bertz CT molecular complexity index is 211. The second-order valence-corrected chi connectivity index (χ2v) is 2.24. The van der Waals surface area contributed by atoms with Crippen LogP contribution in [0.15, 0.2) is 24.3 Å². The summed E-state index contributed by atoms with van der Waals surface area (Å²) in [5.41, 5.74) is 2.63. The zero-order valence-corrected chi connectivity index (χ0v) is 10.1. The third-order valence-electron chi connectivity index (χ3n) is 1.37. The van der Waals surface area contributed by atoms with Crippen molar-refractivity contribution in [1.29, 1.82) is 0 Å². The molecule has 0 aromatic heterocycles. The molecule has 1 nitrogen and oxygen atoms in total. The van der Waals surface area contributed by atoms with Crippen LogP contribution in [0.1, 0.15) is 11.1 Å². The van der Waals surface area contributed by atoms with Crippen LogP contribution in [-0.2, 0) is 32.3 Å². The molecule has 0 N–H and O–H groups in total. The molecule has 64 valence electrons. The second-order valence-electron chi connectivity index (χ2n) is 2.24. The molecule has 1 rings (SSSR count). The van der Waals surface area contributed by atoms with Gasteiger partial charge in [0, 0.05) is 0 Å². The molecule has 0 atom stereocenters. The zero-order valence-electron chi connectivity index (χ0n) is 7.12. The molecule has 0 unspecified atom stereocenters. The monoisotopic (exact) mass is 332 g/mol. The van der Waals surface area contributed by atoms with Gasteiger partial charge >= 0.3 is 21.1 Å². The minimum Gasteiger partial charge on any atom is -0.545 e. The molecule has 0 aliphatic rings. The maximum Gasteiger partial charge on any atom is 2.00 e. The predicted molar refractivity (Wildman–Crippen MR) is 47.0 cm³/mol. The number of hydrogen-bond donors (Lipinski definition) is 0. The first-order chi connectivity index (χ1) is 5.33. The van der Waals surface area contributed by atoms with Crippen LogP contribution >= 0.6 is 0 Å². The van der Waals surface area contributed by atoms with Crippen molar-refractivity contribution in [2.45, 2.75) is 13.3 Å². The van der Waals surface area contributed by atoms with E-state index in [0.29, 0.717) is 0 Å². The van der Waals surface area contributed by atoms with Crippen molar-refractivity contribution in [3.8, 4) is 0 Å². The fraction of sp³-hybridized carbons (Fsp3) is 0.200. The van der Waals surface area contributed by atoms with E-state index in [4.69, 9.17) is 4.79 Å². The summed E-state index contributed by atoms with van der Waals surface area (Å²) >= 11 is 0. The van der Waals surface area contributed by atoms with E-state index in [2.05, 4.69) is 44.9 Å². The van der Waals surface area contributed by atoms with Gasteiger partial charge in [-0.2, -0.15) is 6.42 Å². The van der Waals surface area contributed by atoms with Crippen molar-refractivity contribution in [1.82, 2.24) is 0 Å². The van der Waals surface area contributed by atoms with Crippen molar-refractivity contribution in [3.63, 3.8) is 0 Å². The largest absolute Gasteiger partial charge is 2.00 e. The van der Waals surface area contributed by atoms with E-state index < -0.39 is 0 Å². The average molecular weight is 332 g/mol. The summed E-state index contributed by atoms with van der Waals surface area (Å²) in [6.45, 7) is 9.14. The Morgan fingerprint density at radius 2 is 2.00 bits per heavy atom. The van der Waals surface area contributed by atoms with E-state index in [9.17, 15) is 0 Å². The van der Waals surface area contributed by atoms with Gasteiger partial charge < -0.3 is 11.7 Å². The zero-order chi connectivity index (χ0) is 8.69. The summed E-state index contributed by atoms with van der Waals surface area (Å²) in [6.07, 6.45) is 0.891. The standard InChI is InChI=1S/C9H11.CHO.W/c1-3-9-6-4-5-8(2)7-9;1-2;/h4-7H,1,3H2,2H3;1H;/q2*-1;+2. The normalized spacial score (nSPS) is 7.50. The topological polar surface area (TPSA) is 17.1 Å². The van der Waals surface area contributed by atoms with Crippen LogP contribution in [0.4, 0.5) is 0 Å². The SMILES string of the molecule is [CH-]=O.[CH2-]Cc1cccc(C)c1.[W+2]. The Labute approximate surface area is 88.4 Å². The van der Waals surface area contributed by atoms with E-state index in [1.54, 1.807) is 0 Å². The van der Waals surface area contributed by atoms with Crippen molar-refractivity contribution < 1.29 is 25.9 Å². The van der Waals surface area contributed by atoms with Gasteiger partial charge in [0.1, 0.15) is 0 Å². The van der Waals surface area contributed by atoms with Crippen LogP contribution < -0.4 is 0 Å². The van der Waals surface area contributed by atoms with Gasteiger partial charge in [0.2, 0.25) is 0 Å². The van der Waals surface area contributed by atoms with Gasteiger partial charge in [-0.1, -0.05) is 35.4 Å². The van der Waals surface area contributed by atoms with Gasteiger partial charge in [0.25, 0.3) is 0 Å². The van der Waals surface area contributed by atoms with E-state index in [0.717, 1.165) is 6.42 Å². The number of benzene rings is 1. The summed E-state index contributed by atoms with van der Waals surface area (Å²) < 4.78 is 0. The third kappa shape index (κ3) is 5.26. The molecule has 2 heteroatoms. The van der Waals surface area contributed by atoms with Crippen LogP contribution in [0.2, 0.25) is 0 Å². The van der Waals surface area contributed by atoms with Crippen LogP contribution in [0.3, 0.4) is 0 Å². The summed E-state index contributed by atoms with van der Waals surface area (Å²) in [5.74, 6) is 0. The average Bonchev–Trinajstić information content (AvgIpc) is 2.08. The van der Waals surface area contributed by atoms with Crippen molar-refractivity contribution >= 4 is 6.79 Å². The van der Waals surface area contributed by atoms with E-state index in [1.165, 1.54) is 11.1 Å². The maximum atomic E-state index is 7.75. The maximum absolute atomic E-state index is 7.75. The number of rotatable bonds is 1. The van der Waals surface area contributed by atoms with Crippen LogP contribution in [0, 0.1) is 13.8 Å². The fourth-order valence-corrected chi connectivity index (χ4v) is 0.868. The Kier molecular flexibility index (Phi) is 10.2. The number of hydrogen-bond acceptors (Lipinski definition) is 1. The number of aryl methyl sites for hydroxylation is 1. The Hall–Kier alpha value is -0.422. The Morgan fingerprint density at radius 3 is 2.33 bits per heavy atom. The molecular formula is C10H12OW. The van der Waals surface area contributed by atoms with Gasteiger partial charge in [0.05, 0.1) is 0 Å². The summed E-state index contributed by atoms with van der Waals surface area (Å²) in [7, 11) is 0. The fourth-order valence-electron chi connectivity index (χ4n) is 0.868. The molecule has 0 saturated heterocycles. The molecule has 0 aliphatic heterocycles. The summed E-state index contributed by atoms with van der Waals surface area (Å²) in [5, 5.41) is 0. The molecule has 1 aromatic rings. The Balaban J connectivity index is 0. The van der Waals surface area contributed by atoms with Gasteiger partial charge in [-0.15, -0.1) is 0 Å². The minimum absolute atomic E-state index is 0. The first kappa shape index (κ1) is 14.1. The van der Waals surface area contributed by atoms with Gasteiger partial charge in [-0.25, -0.2) is 0 Å². The smallest absolute Gasteiger partial charge is 0.545 e. The molecule has 0 spiro atoms. The Morgan fingerprint density at radius 1 is 1.42 bits per heavy atom. The molecule has 0 heterocycles. The quantitative estimate of drug-likeness (QED) is 0.569. The van der Waals surface area contributed by atoms with Gasteiger partial charge in [-0.3, -0.25) is 6.79 Å². The molecule has 12 heavy (non-hydrogen) atoms. The molecular weight excluding hydrogens is 320 g/mol. The molecule has 1 aromatic carbocycles. The van der Waals surface area contributed by atoms with Crippen LogP contribution in [0.25, 0.3) is 0 Å². The second kappa shape index (κ2) is 8.67. The van der Waals surface area contributed by atoms with Crippen LogP contribution in [-0.4, -0.2) is 6.79 Å². The predicted octanol–water partition coefficient (Wildman–Crippen LogP) is 2.10. The molecule has 0 saturated carbocycles. The molecule has 0 aliphatic carbocycles. The number of carbonyl (C=O) groups excluding carboxylic acids is 1. The summed E-state index contributed by atoms with van der Waals surface area (Å²) in [4.78, 5) is 7.75. The third-order valence-corrected chi connectivity index (χ3v) is 1.37.